The van der Waals surface area contributed by atoms with Crippen molar-refractivity contribution in [1.29, 1.82) is 0 Å². The molecule has 2 aromatic rings. The predicted molar refractivity (Wildman–Crippen MR) is 109 cm³/mol. The van der Waals surface area contributed by atoms with Crippen LogP contribution in [0.2, 0.25) is 0 Å². The molecule has 9 heteroatoms. The third kappa shape index (κ3) is 6.96. The van der Waals surface area contributed by atoms with Crippen molar-refractivity contribution in [3.8, 4) is 0 Å². The van der Waals surface area contributed by atoms with E-state index in [0.29, 0.717) is 19.0 Å². The second kappa shape index (κ2) is 10.3. The van der Waals surface area contributed by atoms with Crippen LogP contribution in [0.3, 0.4) is 0 Å². The zero-order valence-corrected chi connectivity index (χ0v) is 17.0. The van der Waals surface area contributed by atoms with E-state index in [-0.39, 0.29) is 28.9 Å². The van der Waals surface area contributed by atoms with E-state index in [1.165, 1.54) is 13.1 Å². The summed E-state index contributed by atoms with van der Waals surface area (Å²) in [5.74, 6) is 0.313. The molecule has 1 aromatic carbocycles. The summed E-state index contributed by atoms with van der Waals surface area (Å²) in [5.41, 5.74) is 7.56. The van der Waals surface area contributed by atoms with Gasteiger partial charge < -0.3 is 11.1 Å². The molecule has 0 spiro atoms. The van der Waals surface area contributed by atoms with E-state index >= 15 is 0 Å². The molecule has 0 radical (unpaired) electrons. The molecule has 1 aromatic heterocycles. The number of hydrogen-bond donors (Lipinski definition) is 3. The Morgan fingerprint density at radius 1 is 1.24 bits per heavy atom. The minimum atomic E-state index is -3.46. The summed E-state index contributed by atoms with van der Waals surface area (Å²) in [7, 11) is -2.08. The highest BCUT2D eigenvalue weighted by Crippen LogP contribution is 2.11. The van der Waals surface area contributed by atoms with Gasteiger partial charge in [0, 0.05) is 24.9 Å². The van der Waals surface area contributed by atoms with Gasteiger partial charge in [0.1, 0.15) is 0 Å². The molecule has 0 bridgehead atoms. The lowest BCUT2D eigenvalue weighted by molar-refractivity contribution is 0.588. The average molecular weight is 475 g/mol. The first kappa shape index (κ1) is 21.3. The lowest BCUT2D eigenvalue weighted by Gasteiger charge is -2.06. The number of guanidine groups is 1. The number of nitrogens with two attached hydrogens (primary N) is 1. The molecule has 0 aliphatic heterocycles. The molecule has 0 aliphatic rings. The fraction of sp³-hybridized carbons (Fsp3) is 0.250. The Kier molecular flexibility index (Phi) is 8.79. The summed E-state index contributed by atoms with van der Waals surface area (Å²) in [6.45, 7) is 0.927. The van der Waals surface area contributed by atoms with Crippen LogP contribution < -0.4 is 15.8 Å². The predicted octanol–water partition coefficient (Wildman–Crippen LogP) is 1.25. The molecule has 0 aliphatic carbocycles. The van der Waals surface area contributed by atoms with E-state index < -0.39 is 10.0 Å². The highest BCUT2D eigenvalue weighted by Gasteiger charge is 2.11. The van der Waals surface area contributed by atoms with E-state index in [1.54, 1.807) is 24.4 Å². The van der Waals surface area contributed by atoms with Crippen LogP contribution in [-0.2, 0) is 23.0 Å². The minimum absolute atomic E-state index is 0. The Hall–Kier alpha value is -1.72. The van der Waals surface area contributed by atoms with Crippen molar-refractivity contribution >= 4 is 40.0 Å². The highest BCUT2D eigenvalue weighted by molar-refractivity contribution is 14.0. The summed E-state index contributed by atoms with van der Waals surface area (Å²) in [6, 6.07) is 12.4. The molecule has 25 heavy (non-hydrogen) atoms. The summed E-state index contributed by atoms with van der Waals surface area (Å²) >= 11 is 0. The van der Waals surface area contributed by atoms with Crippen molar-refractivity contribution in [2.24, 2.45) is 10.7 Å². The normalized spacial score (nSPS) is 11.6. The van der Waals surface area contributed by atoms with Crippen LogP contribution in [0.15, 0.2) is 58.5 Å². The zero-order valence-electron chi connectivity index (χ0n) is 13.8. The second-order valence-electron chi connectivity index (χ2n) is 5.05. The third-order valence-corrected chi connectivity index (χ3v) is 4.73. The first-order valence-electron chi connectivity index (χ1n) is 7.47. The third-order valence-electron chi connectivity index (χ3n) is 3.32. The largest absolute Gasteiger partial charge is 0.370 e. The number of aromatic nitrogens is 1. The number of pyridine rings is 1. The molecule has 0 atom stereocenters. The molecule has 0 fully saturated rings. The van der Waals surface area contributed by atoms with Gasteiger partial charge in [-0.25, -0.2) is 18.1 Å². The SMILES string of the molecule is CNS(=O)(=O)c1cccc(CN=C(N)NCCc2ccccn2)c1.I. The second-order valence-corrected chi connectivity index (χ2v) is 6.94. The fourth-order valence-electron chi connectivity index (χ4n) is 2.03. The Morgan fingerprint density at radius 2 is 2.04 bits per heavy atom. The molecular formula is C16H22IN5O2S. The summed E-state index contributed by atoms with van der Waals surface area (Å²) in [5, 5.41) is 3.01. The maximum absolute atomic E-state index is 11.8. The quantitative estimate of drug-likeness (QED) is 0.317. The summed E-state index contributed by atoms with van der Waals surface area (Å²) in [6.07, 6.45) is 2.49. The van der Waals surface area contributed by atoms with Crippen LogP contribution in [0, 0.1) is 0 Å². The molecule has 0 amide bonds. The molecule has 2 rings (SSSR count). The Labute approximate surface area is 165 Å². The minimum Gasteiger partial charge on any atom is -0.370 e. The molecule has 7 nitrogen and oxygen atoms in total. The Morgan fingerprint density at radius 3 is 2.72 bits per heavy atom. The Bertz CT molecular complexity index is 797. The number of sulfonamides is 1. The molecule has 1 heterocycles. The first-order chi connectivity index (χ1) is 11.5. The van der Waals surface area contributed by atoms with Crippen molar-refractivity contribution < 1.29 is 8.42 Å². The number of aliphatic imine (C=N–C) groups is 1. The number of rotatable bonds is 7. The van der Waals surface area contributed by atoms with Crippen molar-refractivity contribution in [3.05, 3.63) is 59.9 Å². The van der Waals surface area contributed by atoms with Crippen molar-refractivity contribution in [2.45, 2.75) is 17.9 Å². The molecule has 0 unspecified atom stereocenters. The highest BCUT2D eigenvalue weighted by atomic mass is 127. The van der Waals surface area contributed by atoms with Crippen LogP contribution in [0.25, 0.3) is 0 Å². The molecular weight excluding hydrogens is 453 g/mol. The van der Waals surface area contributed by atoms with E-state index in [9.17, 15) is 8.42 Å². The number of benzene rings is 1. The number of hydrogen-bond acceptors (Lipinski definition) is 4. The molecule has 4 N–H and O–H groups in total. The van der Waals surface area contributed by atoms with Gasteiger partial charge in [0.15, 0.2) is 5.96 Å². The number of halogens is 1. The van der Waals surface area contributed by atoms with Crippen molar-refractivity contribution in [1.82, 2.24) is 15.0 Å². The maximum atomic E-state index is 11.8. The first-order valence-corrected chi connectivity index (χ1v) is 8.96. The van der Waals surface area contributed by atoms with E-state index in [0.717, 1.165) is 17.7 Å². The molecule has 136 valence electrons. The molecule has 0 saturated heterocycles. The van der Waals surface area contributed by atoms with Crippen LogP contribution in [-0.4, -0.2) is 33.0 Å². The van der Waals surface area contributed by atoms with Crippen molar-refractivity contribution in [2.75, 3.05) is 13.6 Å². The van der Waals surface area contributed by atoms with Gasteiger partial charge in [0.25, 0.3) is 0 Å². The van der Waals surface area contributed by atoms with Crippen LogP contribution in [0.1, 0.15) is 11.3 Å². The summed E-state index contributed by atoms with van der Waals surface area (Å²) < 4.78 is 25.8. The number of nitrogens with one attached hydrogen (secondary N) is 2. The van der Waals surface area contributed by atoms with Gasteiger partial charge in [0.2, 0.25) is 10.0 Å². The van der Waals surface area contributed by atoms with Gasteiger partial charge in [-0.3, -0.25) is 4.98 Å². The van der Waals surface area contributed by atoms with Crippen LogP contribution >= 0.6 is 24.0 Å². The lowest BCUT2D eigenvalue weighted by Crippen LogP contribution is -2.33. The van der Waals surface area contributed by atoms with Crippen LogP contribution in [0.4, 0.5) is 0 Å². The Balaban J connectivity index is 0.00000312. The number of nitrogens with zero attached hydrogens (tertiary/aromatic N) is 2. The summed E-state index contributed by atoms with van der Waals surface area (Å²) in [4.78, 5) is 8.66. The van der Waals surface area contributed by atoms with E-state index in [4.69, 9.17) is 5.73 Å². The monoisotopic (exact) mass is 475 g/mol. The van der Waals surface area contributed by atoms with Gasteiger partial charge in [-0.1, -0.05) is 18.2 Å². The lowest BCUT2D eigenvalue weighted by atomic mass is 10.2. The van der Waals surface area contributed by atoms with Crippen molar-refractivity contribution in [3.63, 3.8) is 0 Å². The van der Waals surface area contributed by atoms with Gasteiger partial charge in [-0.15, -0.1) is 24.0 Å². The standard InChI is InChI=1S/C16H21N5O2S.HI/c1-18-24(22,23)15-7-4-5-13(11-15)12-21-16(17)20-10-8-14-6-2-3-9-19-14;/h2-7,9,11,18H,8,10,12H2,1H3,(H3,17,20,21);1H. The van der Waals surface area contributed by atoms with E-state index in [2.05, 4.69) is 20.0 Å². The smallest absolute Gasteiger partial charge is 0.240 e. The van der Waals surface area contributed by atoms with E-state index in [1.807, 2.05) is 18.2 Å². The van der Waals surface area contributed by atoms with Crippen LogP contribution in [0.5, 0.6) is 0 Å². The van der Waals surface area contributed by atoms with Gasteiger partial charge in [0.05, 0.1) is 11.4 Å². The molecule has 0 saturated carbocycles. The zero-order chi connectivity index (χ0) is 17.4. The van der Waals surface area contributed by atoms with Gasteiger partial charge in [-0.2, -0.15) is 0 Å². The average Bonchev–Trinajstić information content (AvgIpc) is 2.61. The fourth-order valence-corrected chi connectivity index (χ4v) is 2.83. The van der Waals surface area contributed by atoms with Gasteiger partial charge >= 0.3 is 0 Å². The maximum Gasteiger partial charge on any atom is 0.240 e. The van der Waals surface area contributed by atoms with Gasteiger partial charge in [-0.05, 0) is 36.9 Å². The topological polar surface area (TPSA) is 109 Å².